The van der Waals surface area contributed by atoms with Gasteiger partial charge < -0.3 is 20.5 Å². The molecule has 2 amide bonds. The van der Waals surface area contributed by atoms with E-state index in [-0.39, 0.29) is 12.6 Å². The number of ether oxygens (including phenoxy) is 1. The number of hydrogen-bond donors (Lipinski definition) is 3. The summed E-state index contributed by atoms with van der Waals surface area (Å²) in [6.07, 6.45) is 2.17. The summed E-state index contributed by atoms with van der Waals surface area (Å²) >= 11 is 0. The number of carbonyl (C=O) groups is 1. The van der Waals surface area contributed by atoms with E-state index in [2.05, 4.69) is 10.6 Å². The second-order valence-corrected chi connectivity index (χ2v) is 5.31. The van der Waals surface area contributed by atoms with E-state index in [4.69, 9.17) is 9.84 Å². The van der Waals surface area contributed by atoms with Crippen molar-refractivity contribution >= 4 is 11.7 Å². The van der Waals surface area contributed by atoms with Gasteiger partial charge >= 0.3 is 6.03 Å². The zero-order chi connectivity index (χ0) is 15.7. The summed E-state index contributed by atoms with van der Waals surface area (Å²) in [7, 11) is 0. The second-order valence-electron chi connectivity index (χ2n) is 5.31. The number of amides is 2. The van der Waals surface area contributed by atoms with Crippen LogP contribution in [0.25, 0.3) is 0 Å². The van der Waals surface area contributed by atoms with Gasteiger partial charge in [0.05, 0.1) is 12.3 Å². The molecule has 1 aromatic rings. The van der Waals surface area contributed by atoms with Gasteiger partial charge in [-0.25, -0.2) is 4.79 Å². The number of anilines is 1. The molecule has 0 aliphatic rings. The molecule has 1 atom stereocenters. The third-order valence-corrected chi connectivity index (χ3v) is 3.46. The zero-order valence-electron chi connectivity index (χ0n) is 13.1. The Labute approximate surface area is 126 Å². The Morgan fingerprint density at radius 1 is 1.33 bits per heavy atom. The van der Waals surface area contributed by atoms with Gasteiger partial charge in [0.1, 0.15) is 5.75 Å². The van der Waals surface area contributed by atoms with E-state index in [1.807, 2.05) is 39.0 Å². The van der Waals surface area contributed by atoms with Gasteiger partial charge in [-0.15, -0.1) is 0 Å². The van der Waals surface area contributed by atoms with E-state index >= 15 is 0 Å². The van der Waals surface area contributed by atoms with Gasteiger partial charge in [0.25, 0.3) is 0 Å². The number of nitrogens with one attached hydrogen (secondary N) is 2. The van der Waals surface area contributed by atoms with Gasteiger partial charge in [0.15, 0.2) is 0 Å². The Hall–Kier alpha value is -1.75. The number of urea groups is 1. The van der Waals surface area contributed by atoms with Crippen LogP contribution in [0.5, 0.6) is 5.75 Å². The summed E-state index contributed by atoms with van der Waals surface area (Å²) in [6.45, 7) is 6.58. The largest absolute Gasteiger partial charge is 0.491 e. The van der Waals surface area contributed by atoms with Crippen LogP contribution < -0.4 is 15.4 Å². The SMILES string of the molecule is CCCOc1ccccc1NC(=O)NC(C)(CC)CCO. The fraction of sp³-hybridized carbons (Fsp3) is 0.562. The predicted octanol–water partition coefficient (Wildman–Crippen LogP) is 3.15. The third-order valence-electron chi connectivity index (χ3n) is 3.46. The molecule has 0 aliphatic heterocycles. The number of rotatable bonds is 8. The molecule has 1 rings (SSSR count). The van der Waals surface area contributed by atoms with E-state index in [1.54, 1.807) is 6.07 Å². The van der Waals surface area contributed by atoms with E-state index in [1.165, 1.54) is 0 Å². The molecule has 0 bridgehead atoms. The Morgan fingerprint density at radius 2 is 2.05 bits per heavy atom. The molecule has 1 unspecified atom stereocenters. The first-order valence-corrected chi connectivity index (χ1v) is 7.46. The van der Waals surface area contributed by atoms with Crippen molar-refractivity contribution in [1.29, 1.82) is 0 Å². The number of para-hydroxylation sites is 2. The smallest absolute Gasteiger partial charge is 0.319 e. The van der Waals surface area contributed by atoms with Crippen LogP contribution in [-0.4, -0.2) is 29.9 Å². The predicted molar refractivity (Wildman–Crippen MR) is 84.8 cm³/mol. The van der Waals surface area contributed by atoms with Crippen LogP contribution in [0.3, 0.4) is 0 Å². The van der Waals surface area contributed by atoms with Crippen LogP contribution in [0, 0.1) is 0 Å². The summed E-state index contributed by atoms with van der Waals surface area (Å²) in [6, 6.07) is 7.06. The fourth-order valence-corrected chi connectivity index (χ4v) is 1.91. The van der Waals surface area contributed by atoms with E-state index in [0.29, 0.717) is 24.5 Å². The molecule has 3 N–H and O–H groups in total. The van der Waals surface area contributed by atoms with Gasteiger partial charge in [-0.1, -0.05) is 26.0 Å². The van der Waals surface area contributed by atoms with Crippen LogP contribution in [0.4, 0.5) is 10.5 Å². The van der Waals surface area contributed by atoms with Gasteiger partial charge in [-0.05, 0) is 38.3 Å². The van der Waals surface area contributed by atoms with Crippen LogP contribution in [0.2, 0.25) is 0 Å². The first-order valence-electron chi connectivity index (χ1n) is 7.46. The molecular formula is C16H26N2O3. The van der Waals surface area contributed by atoms with Crippen molar-refractivity contribution in [2.75, 3.05) is 18.5 Å². The topological polar surface area (TPSA) is 70.6 Å². The van der Waals surface area contributed by atoms with Gasteiger partial charge in [-0.3, -0.25) is 0 Å². The third kappa shape index (κ3) is 5.63. The van der Waals surface area contributed by atoms with Gasteiger partial charge in [0, 0.05) is 12.1 Å². The highest BCUT2D eigenvalue weighted by Gasteiger charge is 2.23. The van der Waals surface area contributed by atoms with Crippen molar-refractivity contribution in [2.24, 2.45) is 0 Å². The highest BCUT2D eigenvalue weighted by molar-refractivity contribution is 5.91. The number of aliphatic hydroxyl groups excluding tert-OH is 1. The molecule has 118 valence electrons. The maximum absolute atomic E-state index is 12.1. The molecule has 5 nitrogen and oxygen atoms in total. The number of aliphatic hydroxyl groups is 1. The average molecular weight is 294 g/mol. The first kappa shape index (κ1) is 17.3. The summed E-state index contributed by atoms with van der Waals surface area (Å²) < 4.78 is 5.61. The Kier molecular flexibility index (Phi) is 7.02. The number of benzene rings is 1. The Balaban J connectivity index is 2.70. The van der Waals surface area contributed by atoms with Crippen molar-refractivity contribution in [1.82, 2.24) is 5.32 Å². The molecule has 1 aromatic carbocycles. The molecule has 0 aromatic heterocycles. The second kappa shape index (κ2) is 8.52. The van der Waals surface area contributed by atoms with Gasteiger partial charge in [-0.2, -0.15) is 0 Å². The lowest BCUT2D eigenvalue weighted by Gasteiger charge is -2.29. The summed E-state index contributed by atoms with van der Waals surface area (Å²) in [4.78, 5) is 12.1. The molecule has 0 aliphatic carbocycles. The van der Waals surface area contributed by atoms with Crippen molar-refractivity contribution in [3.05, 3.63) is 24.3 Å². The van der Waals surface area contributed by atoms with Crippen LogP contribution in [0.1, 0.15) is 40.0 Å². The van der Waals surface area contributed by atoms with Crippen LogP contribution in [-0.2, 0) is 0 Å². The molecular weight excluding hydrogens is 268 g/mol. The normalized spacial score (nSPS) is 13.3. The Bertz CT molecular complexity index is 451. The van der Waals surface area contributed by atoms with E-state index in [9.17, 15) is 4.79 Å². The minimum absolute atomic E-state index is 0.0425. The maximum atomic E-state index is 12.1. The summed E-state index contributed by atoms with van der Waals surface area (Å²) in [5.74, 6) is 0.662. The molecule has 0 spiro atoms. The quantitative estimate of drug-likeness (QED) is 0.689. The zero-order valence-corrected chi connectivity index (χ0v) is 13.1. The lowest BCUT2D eigenvalue weighted by atomic mass is 9.95. The average Bonchev–Trinajstić information content (AvgIpc) is 2.46. The summed E-state index contributed by atoms with van der Waals surface area (Å²) in [5, 5.41) is 14.8. The Morgan fingerprint density at radius 3 is 2.67 bits per heavy atom. The lowest BCUT2D eigenvalue weighted by molar-refractivity contribution is 0.208. The van der Waals surface area contributed by atoms with Gasteiger partial charge in [0.2, 0.25) is 0 Å². The molecule has 21 heavy (non-hydrogen) atoms. The van der Waals surface area contributed by atoms with Crippen LogP contribution in [0.15, 0.2) is 24.3 Å². The standard InChI is InChI=1S/C16H26N2O3/c1-4-12-21-14-9-7-6-8-13(14)17-15(20)18-16(3,5-2)10-11-19/h6-9,19H,4-5,10-12H2,1-3H3,(H2,17,18,20). The maximum Gasteiger partial charge on any atom is 0.319 e. The minimum Gasteiger partial charge on any atom is -0.491 e. The molecule has 0 radical (unpaired) electrons. The van der Waals surface area contributed by atoms with Crippen molar-refractivity contribution < 1.29 is 14.6 Å². The highest BCUT2D eigenvalue weighted by Crippen LogP contribution is 2.24. The minimum atomic E-state index is -0.419. The van der Waals surface area contributed by atoms with Crippen molar-refractivity contribution in [3.63, 3.8) is 0 Å². The fourth-order valence-electron chi connectivity index (χ4n) is 1.91. The van der Waals surface area contributed by atoms with Crippen LogP contribution >= 0.6 is 0 Å². The highest BCUT2D eigenvalue weighted by atomic mass is 16.5. The first-order chi connectivity index (χ1) is 10.0. The van der Waals surface area contributed by atoms with E-state index < -0.39 is 5.54 Å². The van der Waals surface area contributed by atoms with Crippen molar-refractivity contribution in [2.45, 2.75) is 45.6 Å². The number of carbonyl (C=O) groups excluding carboxylic acids is 1. The lowest BCUT2D eigenvalue weighted by Crippen LogP contribution is -2.48. The monoisotopic (exact) mass is 294 g/mol. The number of hydrogen-bond acceptors (Lipinski definition) is 3. The molecule has 0 saturated carbocycles. The van der Waals surface area contributed by atoms with E-state index in [0.717, 1.165) is 12.8 Å². The van der Waals surface area contributed by atoms with Crippen molar-refractivity contribution in [3.8, 4) is 5.75 Å². The molecule has 0 fully saturated rings. The summed E-state index contributed by atoms with van der Waals surface area (Å²) in [5.41, 5.74) is 0.226. The molecule has 0 saturated heterocycles. The molecule has 5 heteroatoms. The molecule has 0 heterocycles.